The van der Waals surface area contributed by atoms with Gasteiger partial charge in [0, 0.05) is 32.1 Å². The number of aryl methyl sites for hydroxylation is 1. The molecule has 3 aliphatic rings. The van der Waals surface area contributed by atoms with Crippen LogP contribution in [-0.4, -0.2) is 75.9 Å². The number of aromatic nitrogens is 3. The zero-order valence-corrected chi connectivity index (χ0v) is 19.9. The Bertz CT molecular complexity index is 1010. The van der Waals surface area contributed by atoms with Crippen molar-refractivity contribution in [1.29, 1.82) is 0 Å². The highest BCUT2D eigenvalue weighted by atomic mass is 16.5. The first-order valence-electron chi connectivity index (χ1n) is 12.5. The number of hydrogen-bond donors (Lipinski definition) is 1. The standard InChI is InChI=1S/C25H34N6O3/c1-18-4-6-19(7-5-18)22-16-31-21(17-34-22)23(27-28-31)25(33)30-13-8-20(9-14-30)24(32)26-10-15-29-11-2-3-12-29/h4-7,20,22H,2-3,8-17H2,1H3,(H,26,32). The number of amides is 2. The smallest absolute Gasteiger partial charge is 0.276 e. The molecule has 1 aromatic heterocycles. The Balaban J connectivity index is 1.12. The number of rotatable bonds is 6. The first-order valence-corrected chi connectivity index (χ1v) is 12.5. The predicted octanol–water partition coefficient (Wildman–Crippen LogP) is 1.92. The van der Waals surface area contributed by atoms with Crippen LogP contribution in [0.25, 0.3) is 0 Å². The van der Waals surface area contributed by atoms with Crippen molar-refractivity contribution in [2.24, 2.45) is 5.92 Å². The van der Waals surface area contributed by atoms with Crippen LogP contribution in [0.4, 0.5) is 0 Å². The van der Waals surface area contributed by atoms with E-state index in [1.54, 1.807) is 9.58 Å². The van der Waals surface area contributed by atoms with Gasteiger partial charge in [-0.25, -0.2) is 4.68 Å². The second-order valence-corrected chi connectivity index (χ2v) is 9.68. The van der Waals surface area contributed by atoms with Crippen LogP contribution < -0.4 is 5.32 Å². The number of ether oxygens (including phenoxy) is 1. The molecule has 1 N–H and O–H groups in total. The molecule has 2 aromatic rings. The summed E-state index contributed by atoms with van der Waals surface area (Å²) in [5.41, 5.74) is 3.41. The summed E-state index contributed by atoms with van der Waals surface area (Å²) < 4.78 is 7.86. The SMILES string of the molecule is Cc1ccc(C2Cn3nnc(C(=O)N4CCC(C(=O)NCCN5CCCC5)CC4)c3CO2)cc1. The van der Waals surface area contributed by atoms with Gasteiger partial charge in [0.15, 0.2) is 5.69 Å². The Hall–Kier alpha value is -2.78. The first-order chi connectivity index (χ1) is 16.6. The van der Waals surface area contributed by atoms with Gasteiger partial charge in [-0.2, -0.15) is 0 Å². The molecule has 2 saturated heterocycles. The van der Waals surface area contributed by atoms with E-state index in [0.29, 0.717) is 51.3 Å². The van der Waals surface area contributed by atoms with Crippen molar-refractivity contribution in [2.75, 3.05) is 39.3 Å². The van der Waals surface area contributed by atoms with Gasteiger partial charge in [-0.1, -0.05) is 35.0 Å². The van der Waals surface area contributed by atoms with E-state index in [-0.39, 0.29) is 23.8 Å². The van der Waals surface area contributed by atoms with Crippen LogP contribution in [0.5, 0.6) is 0 Å². The highest BCUT2D eigenvalue weighted by Crippen LogP contribution is 2.28. The number of likely N-dealkylation sites (tertiary alicyclic amines) is 2. The molecule has 1 aromatic carbocycles. The first kappa shape index (κ1) is 23.0. The van der Waals surface area contributed by atoms with E-state index in [9.17, 15) is 9.59 Å². The van der Waals surface area contributed by atoms with Crippen LogP contribution in [0.3, 0.4) is 0 Å². The van der Waals surface area contributed by atoms with Crippen LogP contribution in [-0.2, 0) is 22.7 Å². The fourth-order valence-electron chi connectivity index (χ4n) is 5.14. The fourth-order valence-corrected chi connectivity index (χ4v) is 5.14. The summed E-state index contributed by atoms with van der Waals surface area (Å²) in [6.45, 7) is 7.93. The molecule has 2 amide bonds. The number of benzene rings is 1. The van der Waals surface area contributed by atoms with Gasteiger partial charge < -0.3 is 19.9 Å². The Morgan fingerprint density at radius 3 is 2.56 bits per heavy atom. The zero-order valence-electron chi connectivity index (χ0n) is 19.9. The summed E-state index contributed by atoms with van der Waals surface area (Å²) in [5, 5.41) is 11.5. The number of carbonyl (C=O) groups is 2. The lowest BCUT2D eigenvalue weighted by molar-refractivity contribution is -0.126. The maximum absolute atomic E-state index is 13.2. The number of nitrogens with one attached hydrogen (secondary N) is 1. The lowest BCUT2D eigenvalue weighted by Gasteiger charge is -2.31. The van der Waals surface area contributed by atoms with E-state index < -0.39 is 0 Å². The molecule has 3 aliphatic heterocycles. The van der Waals surface area contributed by atoms with E-state index in [1.165, 1.54) is 18.4 Å². The van der Waals surface area contributed by atoms with Gasteiger partial charge in [0.1, 0.15) is 6.10 Å². The van der Waals surface area contributed by atoms with Crippen LogP contribution >= 0.6 is 0 Å². The summed E-state index contributed by atoms with van der Waals surface area (Å²) >= 11 is 0. The Kier molecular flexibility index (Phi) is 6.92. The third-order valence-corrected chi connectivity index (χ3v) is 7.33. The highest BCUT2D eigenvalue weighted by molar-refractivity contribution is 5.93. The van der Waals surface area contributed by atoms with E-state index in [4.69, 9.17) is 4.74 Å². The van der Waals surface area contributed by atoms with Gasteiger partial charge in [-0.3, -0.25) is 9.59 Å². The van der Waals surface area contributed by atoms with Crippen molar-refractivity contribution in [3.63, 3.8) is 0 Å². The number of fused-ring (bicyclic) bond motifs is 1. The van der Waals surface area contributed by atoms with Crippen molar-refractivity contribution < 1.29 is 14.3 Å². The molecule has 0 radical (unpaired) electrons. The summed E-state index contributed by atoms with van der Waals surface area (Å²) in [5.74, 6) is -0.0373. The van der Waals surface area contributed by atoms with Gasteiger partial charge in [-0.05, 0) is 51.3 Å². The van der Waals surface area contributed by atoms with Crippen molar-refractivity contribution >= 4 is 11.8 Å². The quantitative estimate of drug-likeness (QED) is 0.699. The van der Waals surface area contributed by atoms with Crippen molar-refractivity contribution in [2.45, 2.75) is 51.9 Å². The van der Waals surface area contributed by atoms with Crippen LogP contribution in [0.1, 0.15) is 59.1 Å². The molecule has 0 aliphatic carbocycles. The van der Waals surface area contributed by atoms with Crippen molar-refractivity contribution in [1.82, 2.24) is 30.1 Å². The Morgan fingerprint density at radius 1 is 1.09 bits per heavy atom. The summed E-state index contributed by atoms with van der Waals surface area (Å²) in [4.78, 5) is 29.9. The Labute approximate surface area is 200 Å². The number of nitrogens with zero attached hydrogens (tertiary/aromatic N) is 5. The largest absolute Gasteiger partial charge is 0.365 e. The third-order valence-electron chi connectivity index (χ3n) is 7.33. The van der Waals surface area contributed by atoms with Crippen molar-refractivity contribution in [3.8, 4) is 0 Å². The summed E-state index contributed by atoms with van der Waals surface area (Å²) in [6.07, 6.45) is 3.77. The van der Waals surface area contributed by atoms with Crippen molar-refractivity contribution in [3.05, 3.63) is 46.8 Å². The van der Waals surface area contributed by atoms with E-state index in [1.807, 2.05) is 0 Å². The molecule has 4 heterocycles. The lowest BCUT2D eigenvalue weighted by atomic mass is 9.95. The molecule has 182 valence electrons. The monoisotopic (exact) mass is 466 g/mol. The van der Waals surface area contributed by atoms with Gasteiger partial charge >= 0.3 is 0 Å². The van der Waals surface area contributed by atoms with E-state index >= 15 is 0 Å². The number of piperidine rings is 1. The minimum Gasteiger partial charge on any atom is -0.365 e. The molecule has 5 rings (SSSR count). The molecular formula is C25H34N6O3. The molecule has 0 saturated carbocycles. The molecular weight excluding hydrogens is 432 g/mol. The van der Waals surface area contributed by atoms with Gasteiger partial charge in [0.2, 0.25) is 5.91 Å². The molecule has 1 unspecified atom stereocenters. The average molecular weight is 467 g/mol. The van der Waals surface area contributed by atoms with Gasteiger partial charge in [-0.15, -0.1) is 5.10 Å². The average Bonchev–Trinajstić information content (AvgIpc) is 3.54. The highest BCUT2D eigenvalue weighted by Gasteiger charge is 2.33. The minimum absolute atomic E-state index is 0.0322. The number of hydrogen-bond acceptors (Lipinski definition) is 6. The maximum Gasteiger partial charge on any atom is 0.276 e. The summed E-state index contributed by atoms with van der Waals surface area (Å²) in [7, 11) is 0. The van der Waals surface area contributed by atoms with Gasteiger partial charge in [0.05, 0.1) is 18.8 Å². The topological polar surface area (TPSA) is 92.6 Å². The second-order valence-electron chi connectivity index (χ2n) is 9.68. The maximum atomic E-state index is 13.2. The molecule has 1 atom stereocenters. The molecule has 9 heteroatoms. The lowest BCUT2D eigenvalue weighted by Crippen LogP contribution is -2.44. The Morgan fingerprint density at radius 2 is 1.82 bits per heavy atom. The predicted molar refractivity (Wildman–Crippen MR) is 126 cm³/mol. The van der Waals surface area contributed by atoms with E-state index in [2.05, 4.69) is 51.7 Å². The van der Waals surface area contributed by atoms with E-state index in [0.717, 1.165) is 30.9 Å². The van der Waals surface area contributed by atoms with Crippen LogP contribution in [0, 0.1) is 12.8 Å². The second kappa shape index (κ2) is 10.2. The molecule has 0 spiro atoms. The zero-order chi connectivity index (χ0) is 23.5. The third kappa shape index (κ3) is 5.00. The molecule has 34 heavy (non-hydrogen) atoms. The molecule has 0 bridgehead atoms. The fraction of sp³-hybridized carbons (Fsp3) is 0.600. The number of carbonyl (C=O) groups excluding carboxylic acids is 2. The molecule has 2 fully saturated rings. The van der Waals surface area contributed by atoms with Crippen LogP contribution in [0.15, 0.2) is 24.3 Å². The van der Waals surface area contributed by atoms with Gasteiger partial charge in [0.25, 0.3) is 5.91 Å². The van der Waals surface area contributed by atoms with Crippen LogP contribution in [0.2, 0.25) is 0 Å². The normalized spacial score (nSPS) is 21.4. The minimum atomic E-state index is -0.119. The molecule has 9 nitrogen and oxygen atoms in total. The summed E-state index contributed by atoms with van der Waals surface area (Å²) in [6, 6.07) is 8.28.